The van der Waals surface area contributed by atoms with Crippen molar-refractivity contribution >= 4 is 17.7 Å². The predicted octanol–water partition coefficient (Wildman–Crippen LogP) is 2.77. The molecule has 1 N–H and O–H groups in total. The third kappa shape index (κ3) is 5.19. The summed E-state index contributed by atoms with van der Waals surface area (Å²) in [5.74, 6) is -0.381. The van der Waals surface area contributed by atoms with Gasteiger partial charge in [-0.15, -0.1) is 0 Å². The van der Waals surface area contributed by atoms with E-state index in [2.05, 4.69) is 10.3 Å². The van der Waals surface area contributed by atoms with Gasteiger partial charge in [-0.3, -0.25) is 9.78 Å². The number of hydrogen-bond donors (Lipinski definition) is 1. The van der Waals surface area contributed by atoms with Gasteiger partial charge in [0.15, 0.2) is 6.61 Å². The molecule has 160 valence electrons. The first-order valence-electron chi connectivity index (χ1n) is 9.29. The van der Waals surface area contributed by atoms with Crippen LogP contribution < -0.4 is 10.2 Å². The first kappa shape index (κ1) is 21.4. The number of hydrogen-bond acceptors (Lipinski definition) is 5. The molecule has 1 saturated heterocycles. The van der Waals surface area contributed by atoms with Crippen LogP contribution in [0, 0.1) is 0 Å². The lowest BCUT2D eigenvalue weighted by molar-refractivity contribution is -0.137. The van der Waals surface area contributed by atoms with E-state index in [1.54, 1.807) is 24.4 Å². The number of amides is 2. The third-order valence-corrected chi connectivity index (χ3v) is 4.74. The number of halogens is 3. The molecule has 10 heteroatoms. The van der Waals surface area contributed by atoms with Gasteiger partial charge in [0.2, 0.25) is 0 Å². The summed E-state index contributed by atoms with van der Waals surface area (Å²) in [7, 11) is 1.46. The number of pyridine rings is 1. The molecular weight excluding hydrogens is 401 g/mol. The molecule has 30 heavy (non-hydrogen) atoms. The number of benzene rings is 1. The number of rotatable bonds is 4. The van der Waals surface area contributed by atoms with Crippen molar-refractivity contribution in [1.29, 1.82) is 0 Å². The second-order valence-corrected chi connectivity index (χ2v) is 6.68. The van der Waals surface area contributed by atoms with E-state index in [4.69, 9.17) is 4.74 Å². The summed E-state index contributed by atoms with van der Waals surface area (Å²) in [6, 6.07) is 8.51. The van der Waals surface area contributed by atoms with Gasteiger partial charge < -0.3 is 19.9 Å². The Morgan fingerprint density at radius 2 is 1.87 bits per heavy atom. The molecule has 2 heterocycles. The Morgan fingerprint density at radius 1 is 1.13 bits per heavy atom. The van der Waals surface area contributed by atoms with Crippen molar-refractivity contribution in [2.24, 2.45) is 0 Å². The van der Waals surface area contributed by atoms with Crippen LogP contribution in [0.15, 0.2) is 42.6 Å². The summed E-state index contributed by atoms with van der Waals surface area (Å²) >= 11 is 0. The Morgan fingerprint density at radius 3 is 2.47 bits per heavy atom. The molecule has 0 aliphatic carbocycles. The highest BCUT2D eigenvalue weighted by molar-refractivity contribution is 5.79. The van der Waals surface area contributed by atoms with Crippen molar-refractivity contribution < 1.29 is 27.5 Å². The molecule has 1 aromatic heterocycles. The molecule has 1 aliphatic heterocycles. The Labute approximate surface area is 171 Å². The lowest BCUT2D eigenvalue weighted by Gasteiger charge is -2.35. The van der Waals surface area contributed by atoms with Gasteiger partial charge in [0.1, 0.15) is 0 Å². The van der Waals surface area contributed by atoms with Crippen molar-refractivity contribution in [3.05, 3.63) is 48.2 Å². The second-order valence-electron chi connectivity index (χ2n) is 6.68. The van der Waals surface area contributed by atoms with Gasteiger partial charge >= 0.3 is 12.3 Å². The lowest BCUT2D eigenvalue weighted by Crippen LogP contribution is -2.49. The molecule has 2 amide bonds. The quantitative estimate of drug-likeness (QED) is 0.820. The Kier molecular flexibility index (Phi) is 6.43. The van der Waals surface area contributed by atoms with Gasteiger partial charge in [-0.1, -0.05) is 12.1 Å². The number of alkyl halides is 3. The molecule has 7 nitrogen and oxygen atoms in total. The van der Waals surface area contributed by atoms with Crippen LogP contribution in [-0.2, 0) is 15.7 Å². The number of likely N-dealkylation sites (N-methyl/N-ethyl adjacent to an activating group) is 1. The molecule has 0 unspecified atom stereocenters. The molecule has 1 aliphatic rings. The summed E-state index contributed by atoms with van der Waals surface area (Å²) in [6.07, 6.45) is -3.34. The van der Waals surface area contributed by atoms with Crippen LogP contribution >= 0.6 is 0 Å². The van der Waals surface area contributed by atoms with E-state index in [1.165, 1.54) is 18.0 Å². The van der Waals surface area contributed by atoms with Crippen LogP contribution in [0.4, 0.5) is 23.7 Å². The molecule has 0 saturated carbocycles. The number of piperazine rings is 1. The average molecular weight is 422 g/mol. The fourth-order valence-electron chi connectivity index (χ4n) is 3.04. The zero-order valence-corrected chi connectivity index (χ0v) is 16.3. The van der Waals surface area contributed by atoms with Crippen molar-refractivity contribution in [2.45, 2.75) is 6.18 Å². The van der Waals surface area contributed by atoms with E-state index in [-0.39, 0.29) is 12.5 Å². The molecule has 0 atom stereocenters. The fourth-order valence-corrected chi connectivity index (χ4v) is 3.04. The minimum atomic E-state index is -4.41. The SMILES string of the molecule is CNC(=O)COC(=O)N1CCN(c2ccc(-c3cccc(C(F)(F)F)c3)nc2)CC1. The number of carbonyl (C=O) groups excluding carboxylic acids is 2. The van der Waals surface area contributed by atoms with Gasteiger partial charge in [-0.05, 0) is 24.3 Å². The number of aromatic nitrogens is 1. The molecule has 1 aromatic carbocycles. The molecule has 0 radical (unpaired) electrons. The monoisotopic (exact) mass is 422 g/mol. The van der Waals surface area contributed by atoms with Crippen molar-refractivity contribution in [3.63, 3.8) is 0 Å². The Balaban J connectivity index is 1.59. The number of nitrogens with one attached hydrogen (secondary N) is 1. The van der Waals surface area contributed by atoms with E-state index >= 15 is 0 Å². The summed E-state index contributed by atoms with van der Waals surface area (Å²) in [6.45, 7) is 1.60. The third-order valence-electron chi connectivity index (χ3n) is 4.74. The van der Waals surface area contributed by atoms with E-state index in [0.29, 0.717) is 37.4 Å². The number of ether oxygens (including phenoxy) is 1. The predicted molar refractivity (Wildman–Crippen MR) is 104 cm³/mol. The maximum atomic E-state index is 12.9. The summed E-state index contributed by atoms with van der Waals surface area (Å²) in [5.41, 5.74) is 0.927. The molecule has 1 fully saturated rings. The summed E-state index contributed by atoms with van der Waals surface area (Å²) in [4.78, 5) is 31.0. The minimum absolute atomic E-state index is 0.323. The molecule has 2 aromatic rings. The van der Waals surface area contributed by atoms with Crippen LogP contribution in [0.25, 0.3) is 11.3 Å². The largest absolute Gasteiger partial charge is 0.439 e. The maximum absolute atomic E-state index is 12.9. The Hall–Kier alpha value is -3.30. The molecular formula is C20H21F3N4O3. The van der Waals surface area contributed by atoms with E-state index in [1.807, 2.05) is 4.90 Å². The fraction of sp³-hybridized carbons (Fsp3) is 0.350. The minimum Gasteiger partial charge on any atom is -0.439 e. The average Bonchev–Trinajstić information content (AvgIpc) is 2.77. The summed E-state index contributed by atoms with van der Waals surface area (Å²) in [5, 5.41) is 2.37. The highest BCUT2D eigenvalue weighted by Crippen LogP contribution is 2.32. The first-order valence-corrected chi connectivity index (χ1v) is 9.29. The highest BCUT2D eigenvalue weighted by atomic mass is 19.4. The zero-order chi connectivity index (χ0) is 21.7. The maximum Gasteiger partial charge on any atom is 0.416 e. The standard InChI is InChI=1S/C20H21F3N4O3/c1-24-18(28)13-30-19(29)27-9-7-26(8-10-27)16-5-6-17(25-12-16)14-3-2-4-15(11-14)20(21,22)23/h2-6,11-12H,7-10,13H2,1H3,(H,24,28). The topological polar surface area (TPSA) is 74.8 Å². The molecule has 0 spiro atoms. The van der Waals surface area contributed by atoms with Crippen LogP contribution in [0.5, 0.6) is 0 Å². The van der Waals surface area contributed by atoms with Gasteiger partial charge in [-0.2, -0.15) is 13.2 Å². The van der Waals surface area contributed by atoms with E-state index < -0.39 is 17.8 Å². The Bertz CT molecular complexity index is 895. The zero-order valence-electron chi connectivity index (χ0n) is 16.3. The molecule has 0 bridgehead atoms. The van der Waals surface area contributed by atoms with Gasteiger partial charge in [-0.25, -0.2) is 4.79 Å². The number of anilines is 1. The van der Waals surface area contributed by atoms with E-state index in [0.717, 1.165) is 17.8 Å². The van der Waals surface area contributed by atoms with Crippen LogP contribution in [0.1, 0.15) is 5.56 Å². The summed E-state index contributed by atoms with van der Waals surface area (Å²) < 4.78 is 43.6. The number of nitrogens with zero attached hydrogens (tertiary/aromatic N) is 3. The van der Waals surface area contributed by atoms with Gasteiger partial charge in [0, 0.05) is 38.8 Å². The smallest absolute Gasteiger partial charge is 0.416 e. The highest BCUT2D eigenvalue weighted by Gasteiger charge is 2.30. The van der Waals surface area contributed by atoms with Crippen molar-refractivity contribution in [2.75, 3.05) is 44.7 Å². The van der Waals surface area contributed by atoms with E-state index in [9.17, 15) is 22.8 Å². The van der Waals surface area contributed by atoms with Crippen molar-refractivity contribution in [3.8, 4) is 11.3 Å². The second kappa shape index (κ2) is 9.02. The van der Waals surface area contributed by atoms with Crippen LogP contribution in [-0.4, -0.2) is 61.7 Å². The number of carbonyl (C=O) groups is 2. The van der Waals surface area contributed by atoms with Crippen molar-refractivity contribution in [1.82, 2.24) is 15.2 Å². The lowest BCUT2D eigenvalue weighted by atomic mass is 10.1. The first-order chi connectivity index (χ1) is 14.3. The normalized spacial score (nSPS) is 14.4. The van der Waals surface area contributed by atoms with Crippen LogP contribution in [0.3, 0.4) is 0 Å². The van der Waals surface area contributed by atoms with Gasteiger partial charge in [0.25, 0.3) is 5.91 Å². The van der Waals surface area contributed by atoms with Gasteiger partial charge in [0.05, 0.1) is 23.1 Å². The van der Waals surface area contributed by atoms with Crippen LogP contribution in [0.2, 0.25) is 0 Å². The molecule has 3 rings (SSSR count).